The summed E-state index contributed by atoms with van der Waals surface area (Å²) in [6.07, 6.45) is -12.8. The Morgan fingerprint density at radius 3 is 2.16 bits per heavy atom. The third-order valence-electron chi connectivity index (χ3n) is 7.33. The highest BCUT2D eigenvalue weighted by Crippen LogP contribution is 2.51. The van der Waals surface area contributed by atoms with E-state index in [4.69, 9.17) is 9.47 Å². The van der Waals surface area contributed by atoms with Gasteiger partial charge in [-0.25, -0.2) is 4.79 Å². The number of alkyl halides is 6. The van der Waals surface area contributed by atoms with Gasteiger partial charge in [0.05, 0.1) is 24.6 Å². The maximum Gasteiger partial charge on any atom is 0.430 e. The molecule has 3 aromatic rings. The van der Waals surface area contributed by atoms with Crippen molar-refractivity contribution >= 4 is 17.6 Å². The molecule has 0 aromatic heterocycles. The summed E-state index contributed by atoms with van der Waals surface area (Å²) in [6.45, 7) is 3.44. The summed E-state index contributed by atoms with van der Waals surface area (Å²) in [6, 6.07) is 16.9. The summed E-state index contributed by atoms with van der Waals surface area (Å²) in [5, 5.41) is 9.99. The van der Waals surface area contributed by atoms with Gasteiger partial charge in [-0.2, -0.15) is 26.3 Å². The van der Waals surface area contributed by atoms with E-state index < -0.39 is 47.4 Å². The minimum absolute atomic E-state index is 0.0156. The highest BCUT2D eigenvalue weighted by molar-refractivity contribution is 5.98. The smallest absolute Gasteiger partial charge is 0.430 e. The van der Waals surface area contributed by atoms with Gasteiger partial charge in [0.25, 0.3) is 5.60 Å². The molecule has 2 atom stereocenters. The molecule has 43 heavy (non-hydrogen) atoms. The van der Waals surface area contributed by atoms with Gasteiger partial charge >= 0.3 is 18.3 Å². The van der Waals surface area contributed by atoms with E-state index in [1.807, 2.05) is 0 Å². The van der Waals surface area contributed by atoms with Gasteiger partial charge in [0.15, 0.2) is 0 Å². The topological polar surface area (TPSA) is 76.1 Å². The summed E-state index contributed by atoms with van der Waals surface area (Å²) in [5.41, 5.74) is -5.43. The third kappa shape index (κ3) is 6.48. The molecule has 0 fully saturated rings. The number of carbonyl (C=O) groups is 2. The van der Waals surface area contributed by atoms with E-state index in [0.29, 0.717) is 23.4 Å². The predicted octanol–water partition coefficient (Wildman–Crippen LogP) is 6.71. The Balaban J connectivity index is 1.71. The molecule has 1 heterocycles. The van der Waals surface area contributed by atoms with E-state index in [2.05, 4.69) is 0 Å². The molecule has 4 rings (SSSR count). The van der Waals surface area contributed by atoms with Crippen molar-refractivity contribution < 1.29 is 50.5 Å². The molecule has 1 amide bonds. The van der Waals surface area contributed by atoms with E-state index in [-0.39, 0.29) is 42.8 Å². The molecule has 0 radical (unpaired) electrons. The minimum atomic E-state index is -6.05. The van der Waals surface area contributed by atoms with Crippen molar-refractivity contribution in [2.45, 2.75) is 56.7 Å². The normalized spacial score (nSPS) is 16.6. The van der Waals surface area contributed by atoms with Gasteiger partial charge in [-0.3, -0.25) is 4.79 Å². The number of benzene rings is 3. The van der Waals surface area contributed by atoms with Crippen LogP contribution in [0.5, 0.6) is 5.75 Å². The van der Waals surface area contributed by atoms with Gasteiger partial charge in [0.2, 0.25) is 5.91 Å². The lowest BCUT2D eigenvalue weighted by atomic mass is 9.89. The summed E-state index contributed by atoms with van der Waals surface area (Å²) < 4.78 is 92.9. The lowest BCUT2D eigenvalue weighted by Crippen LogP contribution is -2.54. The first-order valence-electron chi connectivity index (χ1n) is 13.5. The Kier molecular flexibility index (Phi) is 9.10. The molecule has 1 aliphatic heterocycles. The molecule has 0 aliphatic carbocycles. The molecular formula is C31H29F6NO5. The zero-order valence-electron chi connectivity index (χ0n) is 23.2. The maximum atomic E-state index is 13.8. The molecular weight excluding hydrogens is 580 g/mol. The number of hydrogen-bond donors (Lipinski definition) is 1. The number of halogens is 6. The first kappa shape index (κ1) is 31.9. The van der Waals surface area contributed by atoms with Gasteiger partial charge < -0.3 is 19.5 Å². The largest absolute Gasteiger partial charge is 0.489 e. The molecule has 6 nitrogen and oxygen atoms in total. The number of amides is 1. The zero-order chi connectivity index (χ0) is 31.6. The predicted molar refractivity (Wildman–Crippen MR) is 145 cm³/mol. The fourth-order valence-electron chi connectivity index (χ4n) is 4.97. The van der Waals surface area contributed by atoms with Crippen molar-refractivity contribution in [1.29, 1.82) is 0 Å². The van der Waals surface area contributed by atoms with E-state index in [1.165, 1.54) is 29.2 Å². The van der Waals surface area contributed by atoms with Gasteiger partial charge in [-0.05, 0) is 68.1 Å². The first-order valence-corrected chi connectivity index (χ1v) is 13.5. The number of esters is 1. The van der Waals surface area contributed by atoms with Gasteiger partial charge in [0, 0.05) is 11.3 Å². The molecule has 230 valence electrons. The SMILES string of the molecule is CCOC(=O)c1ccc(OC2CCc3cc(C(O)(C(F)(F)F)C(F)(F)F)ccc3N(C(=O)C(C)c3ccccc3)C2)cc1. The summed E-state index contributed by atoms with van der Waals surface area (Å²) in [4.78, 5) is 27.1. The molecule has 1 aliphatic rings. The van der Waals surface area contributed by atoms with Gasteiger partial charge in [0.1, 0.15) is 11.9 Å². The maximum absolute atomic E-state index is 13.8. The second-order valence-corrected chi connectivity index (χ2v) is 10.2. The molecule has 1 N–H and O–H groups in total. The number of carbonyl (C=O) groups excluding carboxylic acids is 2. The standard InChI is InChI=1S/C31H29F6NO5/c1-3-42-28(40)21-9-13-24(14-10-21)43-25-15-11-22-17-23(29(41,30(32,33)34)31(35,36)37)12-16-26(22)38(18-25)27(39)19(2)20-7-5-4-6-8-20/h4-10,12-14,16-17,19,25,41H,3,11,15,18H2,1-2H3. The van der Waals surface area contributed by atoms with Crippen molar-refractivity contribution in [2.75, 3.05) is 18.1 Å². The van der Waals surface area contributed by atoms with Crippen molar-refractivity contribution in [1.82, 2.24) is 0 Å². The molecule has 12 heteroatoms. The highest BCUT2D eigenvalue weighted by Gasteiger charge is 2.71. The monoisotopic (exact) mass is 609 g/mol. The molecule has 0 bridgehead atoms. The number of anilines is 1. The van der Waals surface area contributed by atoms with Crippen LogP contribution in [0.1, 0.15) is 53.2 Å². The number of hydrogen-bond acceptors (Lipinski definition) is 5. The number of nitrogens with zero attached hydrogens (tertiary/aromatic N) is 1. The van der Waals surface area contributed by atoms with Crippen molar-refractivity contribution in [3.05, 3.63) is 95.1 Å². The van der Waals surface area contributed by atoms with Crippen LogP contribution < -0.4 is 9.64 Å². The van der Waals surface area contributed by atoms with E-state index >= 15 is 0 Å². The Bertz CT molecular complexity index is 1430. The average molecular weight is 610 g/mol. The Morgan fingerprint density at radius 1 is 0.953 bits per heavy atom. The van der Waals surface area contributed by atoms with Gasteiger partial charge in [-0.1, -0.05) is 42.5 Å². The van der Waals surface area contributed by atoms with Crippen LogP contribution in [0.2, 0.25) is 0 Å². The van der Waals surface area contributed by atoms with E-state index in [0.717, 1.165) is 6.07 Å². The number of aliphatic hydroxyl groups is 1. The van der Waals surface area contributed by atoms with E-state index in [1.54, 1.807) is 44.2 Å². The van der Waals surface area contributed by atoms with Crippen LogP contribution in [0, 0.1) is 0 Å². The van der Waals surface area contributed by atoms with Crippen molar-refractivity contribution in [3.63, 3.8) is 0 Å². The second kappa shape index (κ2) is 12.3. The van der Waals surface area contributed by atoms with E-state index in [9.17, 15) is 41.0 Å². The lowest BCUT2D eigenvalue weighted by Gasteiger charge is -2.34. The number of aryl methyl sites for hydroxylation is 1. The summed E-state index contributed by atoms with van der Waals surface area (Å²) in [5.74, 6) is -1.36. The van der Waals surface area contributed by atoms with Crippen LogP contribution in [0.15, 0.2) is 72.8 Å². The third-order valence-corrected chi connectivity index (χ3v) is 7.33. The van der Waals surface area contributed by atoms with Gasteiger partial charge in [-0.15, -0.1) is 0 Å². The summed E-state index contributed by atoms with van der Waals surface area (Å²) in [7, 11) is 0. The van der Waals surface area contributed by atoms with Crippen LogP contribution in [-0.4, -0.2) is 48.6 Å². The van der Waals surface area contributed by atoms with Crippen LogP contribution >= 0.6 is 0 Å². The number of ether oxygens (including phenoxy) is 2. The Morgan fingerprint density at radius 2 is 1.58 bits per heavy atom. The van der Waals surface area contributed by atoms with Crippen LogP contribution in [0.25, 0.3) is 0 Å². The number of rotatable bonds is 7. The quantitative estimate of drug-likeness (QED) is 0.238. The average Bonchev–Trinajstić information content (AvgIpc) is 3.14. The molecule has 0 saturated heterocycles. The van der Waals surface area contributed by atoms with Crippen molar-refractivity contribution in [3.8, 4) is 5.75 Å². The molecule has 3 aromatic carbocycles. The minimum Gasteiger partial charge on any atom is -0.489 e. The fraction of sp³-hybridized carbons (Fsp3) is 0.355. The zero-order valence-corrected chi connectivity index (χ0v) is 23.2. The Labute approximate surface area is 243 Å². The number of fused-ring (bicyclic) bond motifs is 1. The molecule has 0 saturated carbocycles. The van der Waals surface area contributed by atoms with Crippen LogP contribution in [0.3, 0.4) is 0 Å². The van der Waals surface area contributed by atoms with Crippen molar-refractivity contribution in [2.24, 2.45) is 0 Å². The lowest BCUT2D eigenvalue weighted by molar-refractivity contribution is -0.376. The highest BCUT2D eigenvalue weighted by atomic mass is 19.4. The summed E-state index contributed by atoms with van der Waals surface area (Å²) >= 11 is 0. The second-order valence-electron chi connectivity index (χ2n) is 10.2. The molecule has 2 unspecified atom stereocenters. The Hall–Kier alpha value is -4.06. The van der Waals surface area contributed by atoms with Crippen LogP contribution in [0.4, 0.5) is 32.0 Å². The van der Waals surface area contributed by atoms with Crippen LogP contribution in [-0.2, 0) is 21.6 Å². The first-order chi connectivity index (χ1) is 20.2. The fourth-order valence-corrected chi connectivity index (χ4v) is 4.97. The molecule has 0 spiro atoms.